The van der Waals surface area contributed by atoms with Crippen LogP contribution in [0, 0.1) is 0 Å². The van der Waals surface area contributed by atoms with Crippen LogP contribution in [0.4, 0.5) is 5.13 Å². The molecule has 2 aromatic heterocycles. The summed E-state index contributed by atoms with van der Waals surface area (Å²) in [6, 6.07) is 7.05. The number of carbonyl (C=O) groups is 2. The summed E-state index contributed by atoms with van der Waals surface area (Å²) in [5.41, 5.74) is 2.24. The monoisotopic (exact) mass is 415 g/mol. The molecular weight excluding hydrogens is 394 g/mol. The molecule has 9 nitrogen and oxygen atoms in total. The van der Waals surface area contributed by atoms with Gasteiger partial charge in [-0.2, -0.15) is 5.10 Å². The SMILES string of the molecule is CNC(=O)Cc1csc(NC(=O)c2cc(-c3cc(OC)ccc3OC)nn2C)n1. The summed E-state index contributed by atoms with van der Waals surface area (Å²) in [4.78, 5) is 28.4. The quantitative estimate of drug-likeness (QED) is 0.612. The standard InChI is InChI=1S/C19H21N5O4S/c1-20-17(25)7-11-10-29-19(21-11)22-18(26)15-9-14(23-24(15)2)13-8-12(27-3)5-6-16(13)28-4/h5-6,8-10H,7H2,1-4H3,(H,20,25)(H,21,22,26). The maximum Gasteiger partial charge on any atom is 0.275 e. The maximum absolute atomic E-state index is 12.7. The highest BCUT2D eigenvalue weighted by atomic mass is 32.1. The van der Waals surface area contributed by atoms with Crippen LogP contribution in [-0.4, -0.2) is 47.8 Å². The summed E-state index contributed by atoms with van der Waals surface area (Å²) in [7, 11) is 6.40. The first-order valence-electron chi connectivity index (χ1n) is 8.68. The molecule has 1 aromatic carbocycles. The number of methoxy groups -OCH3 is 2. The van der Waals surface area contributed by atoms with Gasteiger partial charge < -0.3 is 14.8 Å². The van der Waals surface area contributed by atoms with Crippen LogP contribution in [-0.2, 0) is 18.3 Å². The Morgan fingerprint density at radius 3 is 2.69 bits per heavy atom. The van der Waals surface area contributed by atoms with Crippen LogP contribution >= 0.6 is 11.3 Å². The van der Waals surface area contributed by atoms with Crippen LogP contribution < -0.4 is 20.1 Å². The van der Waals surface area contributed by atoms with Gasteiger partial charge in [0, 0.05) is 25.0 Å². The molecule has 0 spiro atoms. The number of thiazole rings is 1. The fourth-order valence-electron chi connectivity index (χ4n) is 2.69. The maximum atomic E-state index is 12.7. The van der Waals surface area contributed by atoms with Gasteiger partial charge in [-0.25, -0.2) is 4.98 Å². The van der Waals surface area contributed by atoms with E-state index in [1.54, 1.807) is 58.0 Å². The molecule has 2 N–H and O–H groups in total. The molecule has 0 fully saturated rings. The van der Waals surface area contributed by atoms with E-state index in [0.29, 0.717) is 39.3 Å². The zero-order valence-corrected chi connectivity index (χ0v) is 17.3. The lowest BCUT2D eigenvalue weighted by atomic mass is 10.1. The number of rotatable bonds is 7. The molecule has 3 rings (SSSR count). The van der Waals surface area contributed by atoms with E-state index in [1.165, 1.54) is 16.0 Å². The lowest BCUT2D eigenvalue weighted by molar-refractivity contribution is -0.120. The van der Waals surface area contributed by atoms with Crippen molar-refractivity contribution in [2.75, 3.05) is 26.6 Å². The highest BCUT2D eigenvalue weighted by Crippen LogP contribution is 2.33. The number of amides is 2. The Balaban J connectivity index is 1.82. The van der Waals surface area contributed by atoms with Gasteiger partial charge in [-0.05, 0) is 24.3 Å². The molecule has 2 heterocycles. The van der Waals surface area contributed by atoms with Crippen LogP contribution in [0.2, 0.25) is 0 Å². The third kappa shape index (κ3) is 4.54. The second kappa shape index (κ2) is 8.74. The van der Waals surface area contributed by atoms with Crippen LogP contribution in [0.3, 0.4) is 0 Å². The fourth-order valence-corrected chi connectivity index (χ4v) is 3.39. The van der Waals surface area contributed by atoms with Gasteiger partial charge in [-0.1, -0.05) is 0 Å². The summed E-state index contributed by atoms with van der Waals surface area (Å²) < 4.78 is 12.2. The van der Waals surface area contributed by atoms with Crippen molar-refractivity contribution in [1.29, 1.82) is 0 Å². The number of nitrogens with zero attached hydrogens (tertiary/aromatic N) is 3. The van der Waals surface area contributed by atoms with Gasteiger partial charge in [0.05, 0.1) is 32.0 Å². The van der Waals surface area contributed by atoms with E-state index in [9.17, 15) is 9.59 Å². The molecule has 0 radical (unpaired) electrons. The van der Waals surface area contributed by atoms with E-state index in [0.717, 1.165) is 0 Å². The third-order valence-electron chi connectivity index (χ3n) is 4.19. The average Bonchev–Trinajstić information content (AvgIpc) is 3.33. The second-order valence-electron chi connectivity index (χ2n) is 6.05. The number of carbonyl (C=O) groups excluding carboxylic acids is 2. The minimum Gasteiger partial charge on any atom is -0.497 e. The van der Waals surface area contributed by atoms with E-state index >= 15 is 0 Å². The first-order valence-corrected chi connectivity index (χ1v) is 9.56. The van der Waals surface area contributed by atoms with E-state index in [1.807, 2.05) is 0 Å². The van der Waals surface area contributed by atoms with Crippen LogP contribution in [0.5, 0.6) is 11.5 Å². The minimum absolute atomic E-state index is 0.142. The summed E-state index contributed by atoms with van der Waals surface area (Å²) >= 11 is 1.26. The molecule has 0 unspecified atom stereocenters. The van der Waals surface area contributed by atoms with Crippen molar-refractivity contribution < 1.29 is 19.1 Å². The summed E-state index contributed by atoms with van der Waals surface area (Å²) in [6.45, 7) is 0. The molecule has 0 saturated heterocycles. The predicted molar refractivity (Wildman–Crippen MR) is 110 cm³/mol. The Morgan fingerprint density at radius 1 is 1.21 bits per heavy atom. The number of hydrogen-bond donors (Lipinski definition) is 2. The van der Waals surface area contributed by atoms with Crippen molar-refractivity contribution in [2.24, 2.45) is 7.05 Å². The lowest BCUT2D eigenvalue weighted by Gasteiger charge is -2.08. The number of ether oxygens (including phenoxy) is 2. The molecule has 0 aliphatic carbocycles. The molecule has 10 heteroatoms. The Labute approximate surface area is 171 Å². The molecule has 0 aliphatic rings. The van der Waals surface area contributed by atoms with E-state index in [4.69, 9.17) is 9.47 Å². The normalized spacial score (nSPS) is 10.5. The van der Waals surface area contributed by atoms with Crippen molar-refractivity contribution in [3.8, 4) is 22.8 Å². The van der Waals surface area contributed by atoms with E-state index in [-0.39, 0.29) is 18.2 Å². The van der Waals surface area contributed by atoms with Gasteiger partial charge in [0.15, 0.2) is 5.13 Å². The van der Waals surface area contributed by atoms with Crippen molar-refractivity contribution in [3.63, 3.8) is 0 Å². The van der Waals surface area contributed by atoms with Gasteiger partial charge in [0.2, 0.25) is 5.91 Å². The van der Waals surface area contributed by atoms with Gasteiger partial charge >= 0.3 is 0 Å². The number of nitrogens with one attached hydrogen (secondary N) is 2. The van der Waals surface area contributed by atoms with Crippen LogP contribution in [0.25, 0.3) is 11.3 Å². The lowest BCUT2D eigenvalue weighted by Crippen LogP contribution is -2.20. The Kier molecular flexibility index (Phi) is 6.13. The minimum atomic E-state index is -0.353. The summed E-state index contributed by atoms with van der Waals surface area (Å²) in [5.74, 6) is 0.782. The zero-order valence-electron chi connectivity index (χ0n) is 16.5. The molecule has 0 saturated carbocycles. The van der Waals surface area contributed by atoms with Gasteiger partial charge in [-0.15, -0.1) is 11.3 Å². The summed E-state index contributed by atoms with van der Waals surface area (Å²) in [5, 5.41) is 11.9. The second-order valence-corrected chi connectivity index (χ2v) is 6.91. The molecule has 0 atom stereocenters. The third-order valence-corrected chi connectivity index (χ3v) is 4.99. The highest BCUT2D eigenvalue weighted by Gasteiger charge is 2.18. The summed E-state index contributed by atoms with van der Waals surface area (Å²) in [6.07, 6.45) is 0.161. The molecule has 2 amide bonds. The molecule has 0 aliphatic heterocycles. The van der Waals surface area contributed by atoms with Crippen molar-refractivity contribution >= 4 is 28.3 Å². The first-order chi connectivity index (χ1) is 13.9. The van der Waals surface area contributed by atoms with Gasteiger partial charge in [0.1, 0.15) is 17.2 Å². The Hall–Kier alpha value is -3.40. The molecule has 0 bridgehead atoms. The van der Waals surface area contributed by atoms with E-state index < -0.39 is 0 Å². The highest BCUT2D eigenvalue weighted by molar-refractivity contribution is 7.14. The van der Waals surface area contributed by atoms with Crippen LogP contribution in [0.1, 0.15) is 16.2 Å². The Morgan fingerprint density at radius 2 is 2.00 bits per heavy atom. The topological polar surface area (TPSA) is 107 Å². The number of aryl methyl sites for hydroxylation is 1. The molecular formula is C19H21N5O4S. The fraction of sp³-hybridized carbons (Fsp3) is 0.263. The van der Waals surface area contributed by atoms with Crippen molar-refractivity contribution in [2.45, 2.75) is 6.42 Å². The molecule has 3 aromatic rings. The molecule has 152 valence electrons. The van der Waals surface area contributed by atoms with Crippen LogP contribution in [0.15, 0.2) is 29.6 Å². The van der Waals surface area contributed by atoms with E-state index in [2.05, 4.69) is 20.7 Å². The smallest absolute Gasteiger partial charge is 0.275 e. The number of benzene rings is 1. The van der Waals surface area contributed by atoms with Crippen molar-refractivity contribution in [3.05, 3.63) is 41.0 Å². The van der Waals surface area contributed by atoms with Gasteiger partial charge in [0.25, 0.3) is 5.91 Å². The number of hydrogen-bond acceptors (Lipinski definition) is 7. The molecule has 29 heavy (non-hydrogen) atoms. The largest absolute Gasteiger partial charge is 0.497 e. The number of aromatic nitrogens is 3. The van der Waals surface area contributed by atoms with Crippen molar-refractivity contribution in [1.82, 2.24) is 20.1 Å². The zero-order chi connectivity index (χ0) is 21.0. The predicted octanol–water partition coefficient (Wildman–Crippen LogP) is 2.10. The number of likely N-dealkylation sites (N-methyl/N-ethyl adjacent to an activating group) is 1. The average molecular weight is 415 g/mol. The Bertz CT molecular complexity index is 1040. The first kappa shape index (κ1) is 20.3. The number of anilines is 1. The van der Waals surface area contributed by atoms with Gasteiger partial charge in [-0.3, -0.25) is 19.6 Å².